The second kappa shape index (κ2) is 4.00. The van der Waals surface area contributed by atoms with Crippen molar-refractivity contribution in [3.8, 4) is 11.4 Å². The van der Waals surface area contributed by atoms with Gasteiger partial charge in [-0.3, -0.25) is 4.79 Å². The van der Waals surface area contributed by atoms with Gasteiger partial charge >= 0.3 is 0 Å². The first-order chi connectivity index (χ1) is 8.79. The minimum atomic E-state index is 0.174. The highest BCUT2D eigenvalue weighted by Crippen LogP contribution is 2.23. The number of hydrogen-bond acceptors (Lipinski definition) is 3. The molecule has 1 N–H and O–H groups in total. The molecule has 0 aliphatic rings. The van der Waals surface area contributed by atoms with Gasteiger partial charge in [-0.25, -0.2) is 4.68 Å². The molecule has 3 aromatic rings. The monoisotopic (exact) mass is 238 g/mol. The van der Waals surface area contributed by atoms with Gasteiger partial charge in [0, 0.05) is 17.0 Å². The van der Waals surface area contributed by atoms with Crippen LogP contribution in [-0.4, -0.2) is 21.2 Å². The normalized spacial score (nSPS) is 10.7. The minimum Gasteiger partial charge on any atom is -0.508 e. The van der Waals surface area contributed by atoms with E-state index in [4.69, 9.17) is 0 Å². The van der Waals surface area contributed by atoms with Gasteiger partial charge < -0.3 is 5.11 Å². The summed E-state index contributed by atoms with van der Waals surface area (Å²) < 4.78 is 1.65. The molecule has 0 aliphatic carbocycles. The summed E-state index contributed by atoms with van der Waals surface area (Å²) in [6.07, 6.45) is 2.50. The Morgan fingerprint density at radius 2 is 2.00 bits per heavy atom. The Balaban J connectivity index is 2.31. The number of para-hydroxylation sites is 1. The summed E-state index contributed by atoms with van der Waals surface area (Å²) in [5.74, 6) is 0.174. The molecule has 18 heavy (non-hydrogen) atoms. The number of nitrogens with zero attached hydrogens (tertiary/aromatic N) is 2. The summed E-state index contributed by atoms with van der Waals surface area (Å²) in [5, 5.41) is 14.7. The van der Waals surface area contributed by atoms with Crippen LogP contribution in [0.1, 0.15) is 10.4 Å². The Morgan fingerprint density at radius 3 is 2.83 bits per heavy atom. The average Bonchev–Trinajstić information content (AvgIpc) is 2.81. The van der Waals surface area contributed by atoms with Gasteiger partial charge in [-0.15, -0.1) is 0 Å². The Kier molecular flexibility index (Phi) is 2.34. The van der Waals surface area contributed by atoms with Gasteiger partial charge in [0.05, 0.1) is 17.4 Å². The number of benzene rings is 2. The van der Waals surface area contributed by atoms with Crippen molar-refractivity contribution in [3.63, 3.8) is 0 Å². The van der Waals surface area contributed by atoms with Crippen molar-refractivity contribution < 1.29 is 9.90 Å². The molecule has 2 aromatic carbocycles. The molecular formula is C14H10N2O2. The molecule has 0 spiro atoms. The lowest BCUT2D eigenvalue weighted by molar-refractivity contribution is 0.112. The fourth-order valence-electron chi connectivity index (χ4n) is 1.98. The number of phenolic OH excluding ortho intramolecular Hbond substituents is 1. The Morgan fingerprint density at radius 1 is 1.17 bits per heavy atom. The van der Waals surface area contributed by atoms with E-state index in [1.807, 2.05) is 12.1 Å². The number of hydrogen-bond donors (Lipinski definition) is 1. The van der Waals surface area contributed by atoms with Crippen LogP contribution in [0.4, 0.5) is 0 Å². The minimum absolute atomic E-state index is 0.174. The summed E-state index contributed by atoms with van der Waals surface area (Å²) in [5.41, 5.74) is 2.03. The van der Waals surface area contributed by atoms with Crippen LogP contribution in [0.2, 0.25) is 0 Å². The van der Waals surface area contributed by atoms with Crippen LogP contribution in [0.5, 0.6) is 5.75 Å². The first kappa shape index (κ1) is 10.5. The Bertz CT molecular complexity index is 731. The van der Waals surface area contributed by atoms with Crippen molar-refractivity contribution in [1.82, 2.24) is 9.78 Å². The zero-order valence-corrected chi connectivity index (χ0v) is 9.45. The van der Waals surface area contributed by atoms with Crippen LogP contribution >= 0.6 is 0 Å². The fourth-order valence-corrected chi connectivity index (χ4v) is 1.98. The van der Waals surface area contributed by atoms with Crippen molar-refractivity contribution >= 4 is 17.2 Å². The van der Waals surface area contributed by atoms with E-state index in [-0.39, 0.29) is 5.75 Å². The third-order valence-corrected chi connectivity index (χ3v) is 2.85. The number of rotatable bonds is 2. The summed E-state index contributed by atoms with van der Waals surface area (Å²) in [6, 6.07) is 12.2. The molecule has 88 valence electrons. The third-order valence-electron chi connectivity index (χ3n) is 2.85. The smallest absolute Gasteiger partial charge is 0.152 e. The predicted octanol–water partition coefficient (Wildman–Crippen LogP) is 2.54. The van der Waals surface area contributed by atoms with Gasteiger partial charge in [-0.2, -0.15) is 5.10 Å². The van der Waals surface area contributed by atoms with Gasteiger partial charge in [0.1, 0.15) is 5.75 Å². The van der Waals surface area contributed by atoms with Gasteiger partial charge in [0.25, 0.3) is 0 Å². The molecule has 3 rings (SSSR count). The van der Waals surface area contributed by atoms with Crippen LogP contribution in [0.15, 0.2) is 48.7 Å². The number of aldehydes is 1. The van der Waals surface area contributed by atoms with E-state index in [0.29, 0.717) is 11.3 Å². The maximum absolute atomic E-state index is 11.0. The standard InChI is InChI=1S/C14H10N2O2/c17-9-11-3-1-2-4-13(11)16-14-7-12(18)6-5-10(14)8-15-16/h1-9,18H. The van der Waals surface area contributed by atoms with E-state index in [0.717, 1.165) is 17.2 Å². The molecule has 0 saturated carbocycles. The molecule has 0 saturated heterocycles. The van der Waals surface area contributed by atoms with Crippen LogP contribution in [0.25, 0.3) is 16.6 Å². The van der Waals surface area contributed by atoms with Crippen molar-refractivity contribution in [2.45, 2.75) is 0 Å². The highest BCUT2D eigenvalue weighted by molar-refractivity contribution is 5.86. The van der Waals surface area contributed by atoms with Crippen LogP contribution in [0.3, 0.4) is 0 Å². The Labute approximate surface area is 103 Å². The molecule has 1 heterocycles. The van der Waals surface area contributed by atoms with Crippen molar-refractivity contribution in [3.05, 3.63) is 54.2 Å². The summed E-state index contributed by atoms with van der Waals surface area (Å²) >= 11 is 0. The van der Waals surface area contributed by atoms with Gasteiger partial charge in [-0.05, 0) is 24.3 Å². The number of aromatic hydroxyl groups is 1. The molecular weight excluding hydrogens is 228 g/mol. The van der Waals surface area contributed by atoms with E-state index >= 15 is 0 Å². The largest absolute Gasteiger partial charge is 0.508 e. The van der Waals surface area contributed by atoms with E-state index in [1.54, 1.807) is 41.2 Å². The molecule has 0 atom stereocenters. The first-order valence-electron chi connectivity index (χ1n) is 5.51. The van der Waals surface area contributed by atoms with Crippen LogP contribution in [0, 0.1) is 0 Å². The Hall–Kier alpha value is -2.62. The van der Waals surface area contributed by atoms with Crippen LogP contribution < -0.4 is 0 Å². The predicted molar refractivity (Wildman–Crippen MR) is 68.1 cm³/mol. The fraction of sp³-hybridized carbons (Fsp3) is 0. The average molecular weight is 238 g/mol. The molecule has 0 fully saturated rings. The SMILES string of the molecule is O=Cc1ccccc1-n1ncc2ccc(O)cc21. The third kappa shape index (κ3) is 1.55. The zero-order chi connectivity index (χ0) is 12.5. The van der Waals surface area contributed by atoms with E-state index < -0.39 is 0 Å². The second-order valence-corrected chi connectivity index (χ2v) is 3.98. The van der Waals surface area contributed by atoms with Crippen LogP contribution in [-0.2, 0) is 0 Å². The van der Waals surface area contributed by atoms with Gasteiger partial charge in [0.15, 0.2) is 6.29 Å². The van der Waals surface area contributed by atoms with E-state index in [9.17, 15) is 9.90 Å². The summed E-state index contributed by atoms with van der Waals surface area (Å²) in [4.78, 5) is 11.0. The summed E-state index contributed by atoms with van der Waals surface area (Å²) in [7, 11) is 0. The van der Waals surface area contributed by atoms with Gasteiger partial charge in [0.2, 0.25) is 0 Å². The molecule has 0 unspecified atom stereocenters. The highest BCUT2D eigenvalue weighted by atomic mass is 16.3. The quantitative estimate of drug-likeness (QED) is 0.698. The highest BCUT2D eigenvalue weighted by Gasteiger charge is 2.08. The maximum Gasteiger partial charge on any atom is 0.152 e. The van der Waals surface area contributed by atoms with Crippen molar-refractivity contribution in [2.24, 2.45) is 0 Å². The summed E-state index contributed by atoms with van der Waals surface area (Å²) in [6.45, 7) is 0. The number of fused-ring (bicyclic) bond motifs is 1. The molecule has 4 nitrogen and oxygen atoms in total. The lowest BCUT2D eigenvalue weighted by Gasteiger charge is -2.06. The number of aromatic nitrogens is 2. The van der Waals surface area contributed by atoms with Gasteiger partial charge in [-0.1, -0.05) is 12.1 Å². The van der Waals surface area contributed by atoms with E-state index in [2.05, 4.69) is 5.10 Å². The topological polar surface area (TPSA) is 55.1 Å². The van der Waals surface area contributed by atoms with Crippen molar-refractivity contribution in [2.75, 3.05) is 0 Å². The molecule has 0 amide bonds. The number of carbonyl (C=O) groups excluding carboxylic acids is 1. The lowest BCUT2D eigenvalue weighted by Crippen LogP contribution is -2.00. The molecule has 0 radical (unpaired) electrons. The molecule has 0 bridgehead atoms. The van der Waals surface area contributed by atoms with E-state index in [1.165, 1.54) is 0 Å². The maximum atomic E-state index is 11.0. The number of carbonyl (C=O) groups is 1. The number of phenols is 1. The molecule has 4 heteroatoms. The van der Waals surface area contributed by atoms with Crippen molar-refractivity contribution in [1.29, 1.82) is 0 Å². The molecule has 0 aliphatic heterocycles. The second-order valence-electron chi connectivity index (χ2n) is 3.98. The lowest BCUT2D eigenvalue weighted by atomic mass is 10.2. The zero-order valence-electron chi connectivity index (χ0n) is 9.45. The first-order valence-corrected chi connectivity index (χ1v) is 5.51. The molecule has 1 aromatic heterocycles.